The monoisotopic (exact) mass is 479 g/mol. The summed E-state index contributed by atoms with van der Waals surface area (Å²) >= 11 is 0. The summed E-state index contributed by atoms with van der Waals surface area (Å²) in [6.07, 6.45) is 7.62. The third-order valence-electron chi connectivity index (χ3n) is 5.63. The second-order valence-electron chi connectivity index (χ2n) is 7.83. The van der Waals surface area contributed by atoms with E-state index in [9.17, 15) is 18.8 Å². The highest BCUT2D eigenvalue weighted by Crippen LogP contribution is 2.31. The van der Waals surface area contributed by atoms with Crippen molar-refractivity contribution in [2.75, 3.05) is 50.8 Å². The molecule has 3 aromatic rings. The normalized spacial score (nSPS) is 13.6. The van der Waals surface area contributed by atoms with Crippen molar-refractivity contribution in [1.29, 1.82) is 5.26 Å². The third-order valence-corrected chi connectivity index (χ3v) is 5.63. The molecule has 0 bridgehead atoms. The Morgan fingerprint density at radius 3 is 2.71 bits per heavy atom. The van der Waals surface area contributed by atoms with Gasteiger partial charge in [0.15, 0.2) is 0 Å². The summed E-state index contributed by atoms with van der Waals surface area (Å²) in [5.74, 6) is 3.09. The highest BCUT2D eigenvalue weighted by molar-refractivity contribution is 5.93. The molecule has 9 nitrogen and oxygen atoms in total. The lowest BCUT2D eigenvalue weighted by atomic mass is 10.1. The predicted molar refractivity (Wildman–Crippen MR) is 125 cm³/mol. The van der Waals surface area contributed by atoms with Crippen LogP contribution >= 0.6 is 0 Å². The average molecular weight is 479 g/mol. The predicted octanol–water partition coefficient (Wildman–Crippen LogP) is 1.78. The fourth-order valence-corrected chi connectivity index (χ4v) is 3.89. The SMILES string of the molecule is C#CC(=O)N1CCN(c2ccc(-c3cc(OCCNCC(F)F)cn4ncc(C#N)c34)cn2)CC1. The summed E-state index contributed by atoms with van der Waals surface area (Å²) in [7, 11) is 0. The Labute approximate surface area is 200 Å². The molecule has 1 N–H and O–H groups in total. The second kappa shape index (κ2) is 10.8. The molecule has 0 unspecified atom stereocenters. The maximum atomic E-state index is 12.3. The molecule has 4 heterocycles. The quantitative estimate of drug-likeness (QED) is 0.389. The Balaban J connectivity index is 1.53. The molecular formula is C24H23F2N7O2. The third kappa shape index (κ3) is 5.48. The summed E-state index contributed by atoms with van der Waals surface area (Å²) in [5.41, 5.74) is 2.49. The number of nitrogens with one attached hydrogen (secondary N) is 1. The molecule has 0 aromatic carbocycles. The van der Waals surface area contributed by atoms with E-state index in [2.05, 4.69) is 32.3 Å². The van der Waals surface area contributed by atoms with Gasteiger partial charge >= 0.3 is 0 Å². The van der Waals surface area contributed by atoms with Crippen molar-refractivity contribution in [2.24, 2.45) is 0 Å². The Morgan fingerprint density at radius 2 is 2.06 bits per heavy atom. The smallest absolute Gasteiger partial charge is 0.298 e. The lowest BCUT2D eigenvalue weighted by Gasteiger charge is -2.34. The van der Waals surface area contributed by atoms with Gasteiger partial charge in [-0.2, -0.15) is 10.4 Å². The van der Waals surface area contributed by atoms with Crippen molar-refractivity contribution in [2.45, 2.75) is 6.43 Å². The molecule has 1 saturated heterocycles. The fraction of sp³-hybridized carbons (Fsp3) is 0.333. The van der Waals surface area contributed by atoms with E-state index in [-0.39, 0.29) is 19.1 Å². The number of aromatic nitrogens is 3. The average Bonchev–Trinajstić information content (AvgIpc) is 3.31. The highest BCUT2D eigenvalue weighted by atomic mass is 19.3. The summed E-state index contributed by atoms with van der Waals surface area (Å²) in [6, 6.07) is 7.72. The number of fused-ring (bicyclic) bond motifs is 1. The molecule has 0 saturated carbocycles. The molecule has 0 atom stereocenters. The van der Waals surface area contributed by atoms with E-state index in [1.54, 1.807) is 27.9 Å². The van der Waals surface area contributed by atoms with Crippen molar-refractivity contribution in [1.82, 2.24) is 24.8 Å². The van der Waals surface area contributed by atoms with Gasteiger partial charge in [0, 0.05) is 50.0 Å². The van der Waals surface area contributed by atoms with Gasteiger partial charge in [-0.05, 0) is 24.1 Å². The molecular weight excluding hydrogens is 456 g/mol. The number of nitriles is 1. The van der Waals surface area contributed by atoms with Crippen molar-refractivity contribution in [3.8, 4) is 35.3 Å². The first-order chi connectivity index (χ1) is 17.0. The minimum atomic E-state index is -2.42. The van der Waals surface area contributed by atoms with Crippen LogP contribution in [0.2, 0.25) is 0 Å². The molecule has 1 aliphatic rings. The number of nitrogens with zero attached hydrogens (tertiary/aromatic N) is 6. The number of anilines is 1. The number of halogens is 2. The first-order valence-corrected chi connectivity index (χ1v) is 11.0. The van der Waals surface area contributed by atoms with Crippen LogP contribution in [-0.2, 0) is 4.79 Å². The molecule has 1 aliphatic heterocycles. The summed E-state index contributed by atoms with van der Waals surface area (Å²) < 4.78 is 31.8. The fourth-order valence-electron chi connectivity index (χ4n) is 3.89. The zero-order chi connectivity index (χ0) is 24.8. The van der Waals surface area contributed by atoms with Gasteiger partial charge in [-0.1, -0.05) is 0 Å². The summed E-state index contributed by atoms with van der Waals surface area (Å²) in [6.45, 7) is 2.35. The van der Waals surface area contributed by atoms with Crippen LogP contribution in [0.25, 0.3) is 16.6 Å². The number of ether oxygens (including phenoxy) is 1. The topological polar surface area (TPSA) is 98.8 Å². The minimum absolute atomic E-state index is 0.190. The zero-order valence-electron chi connectivity index (χ0n) is 18.8. The molecule has 4 rings (SSSR count). The number of piperazine rings is 1. The maximum absolute atomic E-state index is 12.3. The van der Waals surface area contributed by atoms with Gasteiger partial charge in [-0.3, -0.25) is 4.79 Å². The van der Waals surface area contributed by atoms with Gasteiger partial charge in [0.25, 0.3) is 12.3 Å². The molecule has 11 heteroatoms. The largest absolute Gasteiger partial charge is 0.491 e. The van der Waals surface area contributed by atoms with Crippen LogP contribution in [0.15, 0.2) is 36.8 Å². The van der Waals surface area contributed by atoms with Crippen molar-refractivity contribution >= 4 is 17.2 Å². The highest BCUT2D eigenvalue weighted by Gasteiger charge is 2.21. The van der Waals surface area contributed by atoms with Crippen LogP contribution < -0.4 is 15.0 Å². The van der Waals surface area contributed by atoms with Crippen LogP contribution in [0, 0.1) is 23.7 Å². The number of terminal acetylenes is 1. The van der Waals surface area contributed by atoms with Crippen LogP contribution in [0.3, 0.4) is 0 Å². The Morgan fingerprint density at radius 1 is 1.26 bits per heavy atom. The zero-order valence-corrected chi connectivity index (χ0v) is 18.8. The van der Waals surface area contributed by atoms with Gasteiger partial charge in [0.05, 0.1) is 30.0 Å². The van der Waals surface area contributed by atoms with Gasteiger partial charge < -0.3 is 19.9 Å². The van der Waals surface area contributed by atoms with Crippen molar-refractivity contribution in [3.63, 3.8) is 0 Å². The molecule has 3 aromatic heterocycles. The standard InChI is InChI=1S/C24H23F2N7O2/c1-2-23(34)32-8-6-31(7-9-32)22-4-3-17(13-29-22)20-11-19(35-10-5-28-15-21(25)26)16-33-24(20)18(12-27)14-30-33/h1,3-4,11,13-14,16,21,28H,5-10,15H2. The number of rotatable bonds is 8. The first kappa shape index (κ1) is 23.9. The second-order valence-corrected chi connectivity index (χ2v) is 7.83. The van der Waals surface area contributed by atoms with Crippen LogP contribution in [-0.4, -0.2) is 77.7 Å². The maximum Gasteiger partial charge on any atom is 0.298 e. The number of alkyl halides is 2. The van der Waals surface area contributed by atoms with Gasteiger partial charge in [-0.25, -0.2) is 18.3 Å². The molecule has 0 radical (unpaired) electrons. The lowest BCUT2D eigenvalue weighted by molar-refractivity contribution is -0.125. The van der Waals surface area contributed by atoms with E-state index in [1.807, 2.05) is 12.1 Å². The van der Waals surface area contributed by atoms with Crippen molar-refractivity contribution in [3.05, 3.63) is 42.4 Å². The van der Waals surface area contributed by atoms with E-state index in [0.29, 0.717) is 48.6 Å². The summed E-state index contributed by atoms with van der Waals surface area (Å²) in [4.78, 5) is 20.0. The van der Waals surface area contributed by atoms with E-state index < -0.39 is 13.0 Å². The number of amides is 1. The van der Waals surface area contributed by atoms with Crippen molar-refractivity contribution < 1.29 is 18.3 Å². The van der Waals surface area contributed by atoms with E-state index in [4.69, 9.17) is 11.2 Å². The number of carbonyl (C=O) groups is 1. The molecule has 35 heavy (non-hydrogen) atoms. The minimum Gasteiger partial charge on any atom is -0.491 e. The van der Waals surface area contributed by atoms with Crippen LogP contribution in [0.1, 0.15) is 5.56 Å². The Kier molecular flexibility index (Phi) is 7.38. The van der Waals surface area contributed by atoms with Crippen LogP contribution in [0.5, 0.6) is 5.75 Å². The molecule has 180 valence electrons. The van der Waals surface area contributed by atoms with Crippen LogP contribution in [0.4, 0.5) is 14.6 Å². The van der Waals surface area contributed by atoms with E-state index in [0.717, 1.165) is 11.4 Å². The first-order valence-electron chi connectivity index (χ1n) is 11.0. The number of hydrogen-bond donors (Lipinski definition) is 1. The number of pyridine rings is 2. The Hall–Kier alpha value is -4.22. The molecule has 1 amide bonds. The molecule has 1 fully saturated rings. The van der Waals surface area contributed by atoms with Gasteiger partial charge in [0.2, 0.25) is 0 Å². The Bertz CT molecular complexity index is 1270. The number of hydrogen-bond acceptors (Lipinski definition) is 7. The van der Waals surface area contributed by atoms with Gasteiger partial charge in [0.1, 0.15) is 24.2 Å². The van der Waals surface area contributed by atoms with Gasteiger partial charge in [-0.15, -0.1) is 6.42 Å². The number of carbonyl (C=O) groups excluding carboxylic acids is 1. The van der Waals surface area contributed by atoms with E-state index in [1.165, 1.54) is 6.20 Å². The lowest BCUT2D eigenvalue weighted by Crippen LogP contribution is -2.48. The molecule has 0 spiro atoms. The molecule has 0 aliphatic carbocycles. The summed E-state index contributed by atoms with van der Waals surface area (Å²) in [5, 5.41) is 16.4. The van der Waals surface area contributed by atoms with E-state index >= 15 is 0 Å².